The maximum Gasteiger partial charge on any atom is 0.337 e. The number of carbonyl (C=O) groups is 1. The summed E-state index contributed by atoms with van der Waals surface area (Å²) in [5.41, 5.74) is 3.25. The Morgan fingerprint density at radius 3 is 2.59 bits per heavy atom. The van der Waals surface area contributed by atoms with Gasteiger partial charge in [0, 0.05) is 31.0 Å². The molecule has 1 aromatic heterocycles. The quantitative estimate of drug-likeness (QED) is 0.670. The van der Waals surface area contributed by atoms with Gasteiger partial charge in [0.25, 0.3) is 0 Å². The molecule has 3 aromatic rings. The van der Waals surface area contributed by atoms with E-state index in [0.717, 1.165) is 23.7 Å². The van der Waals surface area contributed by atoms with E-state index in [1.54, 1.807) is 18.2 Å². The second kappa shape index (κ2) is 8.31. The van der Waals surface area contributed by atoms with Crippen LogP contribution in [0.25, 0.3) is 0 Å². The molecule has 0 radical (unpaired) electrons. The zero-order chi connectivity index (χ0) is 19.2. The molecule has 1 heterocycles. The lowest BCUT2D eigenvalue weighted by molar-refractivity contribution is 0.0601. The van der Waals surface area contributed by atoms with Gasteiger partial charge in [-0.05, 0) is 30.7 Å². The highest BCUT2D eigenvalue weighted by Crippen LogP contribution is 2.20. The normalized spacial score (nSPS) is 10.3. The van der Waals surface area contributed by atoms with E-state index in [1.807, 2.05) is 44.3 Å². The molecule has 0 saturated carbocycles. The highest BCUT2D eigenvalue weighted by Gasteiger charge is 2.10. The molecule has 1 N–H and O–H groups in total. The molecule has 2 aromatic carbocycles. The van der Waals surface area contributed by atoms with Crippen molar-refractivity contribution in [1.82, 2.24) is 9.97 Å². The number of nitrogens with one attached hydrogen (secondary N) is 1. The maximum absolute atomic E-state index is 11.7. The van der Waals surface area contributed by atoms with Gasteiger partial charge in [-0.3, -0.25) is 0 Å². The van der Waals surface area contributed by atoms with Gasteiger partial charge in [-0.1, -0.05) is 36.4 Å². The number of aryl methyl sites for hydroxylation is 1. The van der Waals surface area contributed by atoms with Crippen molar-refractivity contribution in [2.45, 2.75) is 13.5 Å². The average molecular weight is 362 g/mol. The van der Waals surface area contributed by atoms with Gasteiger partial charge < -0.3 is 15.0 Å². The Morgan fingerprint density at radius 1 is 1.07 bits per heavy atom. The van der Waals surface area contributed by atoms with E-state index >= 15 is 0 Å². The van der Waals surface area contributed by atoms with Crippen LogP contribution in [0, 0.1) is 6.92 Å². The number of benzene rings is 2. The second-order valence-electron chi connectivity index (χ2n) is 6.23. The lowest BCUT2D eigenvalue weighted by atomic mass is 10.2. The summed E-state index contributed by atoms with van der Waals surface area (Å²) in [6, 6.07) is 19.2. The summed E-state index contributed by atoms with van der Waals surface area (Å²) < 4.78 is 4.76. The van der Waals surface area contributed by atoms with Crippen LogP contribution in [-0.4, -0.2) is 30.1 Å². The topological polar surface area (TPSA) is 67.3 Å². The number of aromatic nitrogens is 2. The van der Waals surface area contributed by atoms with Crippen molar-refractivity contribution in [1.29, 1.82) is 0 Å². The number of esters is 1. The molecule has 3 rings (SSSR count). The summed E-state index contributed by atoms with van der Waals surface area (Å²) in [6.45, 7) is 2.67. The lowest BCUT2D eigenvalue weighted by Crippen LogP contribution is -2.18. The fourth-order valence-corrected chi connectivity index (χ4v) is 2.71. The molecule has 0 unspecified atom stereocenters. The highest BCUT2D eigenvalue weighted by molar-refractivity contribution is 5.90. The standard InChI is InChI=1S/C21H22N4O2/c1-15-12-19(25(2)14-16-8-5-4-6-9-16)24-21(22-15)23-18-11-7-10-17(13-18)20(26)27-3/h4-13H,14H2,1-3H3,(H,22,23,24). The van der Waals surface area contributed by atoms with Crippen molar-refractivity contribution in [3.8, 4) is 0 Å². The van der Waals surface area contributed by atoms with Crippen molar-refractivity contribution in [2.75, 3.05) is 24.4 Å². The molecule has 27 heavy (non-hydrogen) atoms. The Bertz CT molecular complexity index is 928. The smallest absolute Gasteiger partial charge is 0.337 e. The van der Waals surface area contributed by atoms with Gasteiger partial charge in [-0.25, -0.2) is 9.78 Å². The second-order valence-corrected chi connectivity index (χ2v) is 6.23. The predicted octanol–water partition coefficient (Wildman–Crippen LogP) is 3.95. The number of nitrogens with zero attached hydrogens (tertiary/aromatic N) is 3. The number of ether oxygens (including phenoxy) is 1. The summed E-state index contributed by atoms with van der Waals surface area (Å²) in [4.78, 5) is 22.8. The van der Waals surface area contributed by atoms with E-state index < -0.39 is 0 Å². The van der Waals surface area contributed by atoms with Gasteiger partial charge in [0.2, 0.25) is 5.95 Å². The summed E-state index contributed by atoms with van der Waals surface area (Å²) in [5, 5.41) is 3.17. The fraction of sp³-hybridized carbons (Fsp3) is 0.190. The minimum Gasteiger partial charge on any atom is -0.465 e. The van der Waals surface area contributed by atoms with E-state index in [4.69, 9.17) is 4.74 Å². The average Bonchev–Trinajstić information content (AvgIpc) is 2.68. The zero-order valence-electron chi connectivity index (χ0n) is 15.6. The van der Waals surface area contributed by atoms with Gasteiger partial charge in [-0.2, -0.15) is 4.98 Å². The van der Waals surface area contributed by atoms with Crippen molar-refractivity contribution in [3.63, 3.8) is 0 Å². The summed E-state index contributed by atoms with van der Waals surface area (Å²) in [5.74, 6) is 0.914. The number of hydrogen-bond acceptors (Lipinski definition) is 6. The molecule has 138 valence electrons. The van der Waals surface area contributed by atoms with Gasteiger partial charge >= 0.3 is 5.97 Å². The molecule has 0 aliphatic heterocycles. The van der Waals surface area contributed by atoms with Crippen LogP contribution in [0.5, 0.6) is 0 Å². The first kappa shape index (κ1) is 18.4. The molecule has 6 nitrogen and oxygen atoms in total. The van der Waals surface area contributed by atoms with E-state index in [2.05, 4.69) is 32.3 Å². The Kier molecular flexibility index (Phi) is 5.66. The van der Waals surface area contributed by atoms with Crippen LogP contribution < -0.4 is 10.2 Å². The Balaban J connectivity index is 1.80. The minimum atomic E-state index is -0.382. The monoisotopic (exact) mass is 362 g/mol. The third kappa shape index (κ3) is 4.82. The number of anilines is 3. The third-order valence-electron chi connectivity index (χ3n) is 4.03. The summed E-state index contributed by atoms with van der Waals surface area (Å²) >= 11 is 0. The summed E-state index contributed by atoms with van der Waals surface area (Å²) in [6.07, 6.45) is 0. The molecular formula is C21H22N4O2. The molecule has 0 bridgehead atoms. The van der Waals surface area contributed by atoms with Crippen LogP contribution in [-0.2, 0) is 11.3 Å². The van der Waals surface area contributed by atoms with Crippen LogP contribution in [0.4, 0.5) is 17.5 Å². The number of carbonyl (C=O) groups excluding carboxylic acids is 1. The molecule has 0 aliphatic carbocycles. The first-order chi connectivity index (χ1) is 13.0. The Labute approximate surface area is 158 Å². The molecule has 0 atom stereocenters. The largest absolute Gasteiger partial charge is 0.465 e. The number of hydrogen-bond donors (Lipinski definition) is 1. The van der Waals surface area contributed by atoms with Gasteiger partial charge in [0.05, 0.1) is 12.7 Å². The van der Waals surface area contributed by atoms with E-state index in [9.17, 15) is 4.79 Å². The minimum absolute atomic E-state index is 0.382. The first-order valence-electron chi connectivity index (χ1n) is 8.61. The van der Waals surface area contributed by atoms with Crippen molar-refractivity contribution in [2.24, 2.45) is 0 Å². The van der Waals surface area contributed by atoms with Gasteiger partial charge in [0.15, 0.2) is 0 Å². The SMILES string of the molecule is COC(=O)c1cccc(Nc2nc(C)cc(N(C)Cc3ccccc3)n2)c1. The number of methoxy groups -OCH3 is 1. The fourth-order valence-electron chi connectivity index (χ4n) is 2.71. The third-order valence-corrected chi connectivity index (χ3v) is 4.03. The van der Waals surface area contributed by atoms with Crippen LogP contribution in [0.1, 0.15) is 21.6 Å². The van der Waals surface area contributed by atoms with Gasteiger partial charge in [-0.15, -0.1) is 0 Å². The Morgan fingerprint density at radius 2 is 1.85 bits per heavy atom. The maximum atomic E-state index is 11.7. The molecule has 6 heteroatoms. The molecule has 0 spiro atoms. The van der Waals surface area contributed by atoms with E-state index in [-0.39, 0.29) is 5.97 Å². The zero-order valence-corrected chi connectivity index (χ0v) is 15.6. The first-order valence-corrected chi connectivity index (χ1v) is 8.61. The predicted molar refractivity (Wildman–Crippen MR) is 106 cm³/mol. The lowest BCUT2D eigenvalue weighted by Gasteiger charge is -2.19. The van der Waals surface area contributed by atoms with Crippen molar-refractivity contribution >= 4 is 23.4 Å². The molecule has 0 aliphatic rings. The molecular weight excluding hydrogens is 340 g/mol. The van der Waals surface area contributed by atoms with E-state index in [0.29, 0.717) is 11.5 Å². The molecule has 0 saturated heterocycles. The highest BCUT2D eigenvalue weighted by atomic mass is 16.5. The molecule has 0 fully saturated rings. The van der Waals surface area contributed by atoms with Crippen LogP contribution >= 0.6 is 0 Å². The van der Waals surface area contributed by atoms with Crippen LogP contribution in [0.3, 0.4) is 0 Å². The van der Waals surface area contributed by atoms with Crippen LogP contribution in [0.2, 0.25) is 0 Å². The van der Waals surface area contributed by atoms with Crippen LogP contribution in [0.15, 0.2) is 60.7 Å². The summed E-state index contributed by atoms with van der Waals surface area (Å²) in [7, 11) is 3.36. The van der Waals surface area contributed by atoms with E-state index in [1.165, 1.54) is 12.7 Å². The van der Waals surface area contributed by atoms with Crippen molar-refractivity contribution in [3.05, 3.63) is 77.5 Å². The number of rotatable bonds is 6. The molecule has 0 amide bonds. The van der Waals surface area contributed by atoms with Gasteiger partial charge in [0.1, 0.15) is 5.82 Å². The Hall–Kier alpha value is -3.41. The van der Waals surface area contributed by atoms with Crippen molar-refractivity contribution < 1.29 is 9.53 Å².